The molecule has 6 nitrogen and oxygen atoms in total. The molecule has 0 unspecified atom stereocenters. The maximum absolute atomic E-state index is 12.5. The van der Waals surface area contributed by atoms with Crippen LogP contribution in [0.1, 0.15) is 20.7 Å². The Labute approximate surface area is 156 Å². The number of hydrogen-bond acceptors (Lipinski definition) is 4. The normalized spacial score (nSPS) is 10.3. The van der Waals surface area contributed by atoms with Crippen LogP contribution in [0.5, 0.6) is 5.75 Å². The highest BCUT2D eigenvalue weighted by molar-refractivity contribution is 6.04. The van der Waals surface area contributed by atoms with Gasteiger partial charge in [-0.3, -0.25) is 14.8 Å². The van der Waals surface area contributed by atoms with E-state index in [2.05, 4.69) is 0 Å². The van der Waals surface area contributed by atoms with Crippen LogP contribution >= 0.6 is 0 Å². The summed E-state index contributed by atoms with van der Waals surface area (Å²) in [5.41, 5.74) is 8.06. The predicted molar refractivity (Wildman–Crippen MR) is 102 cm³/mol. The minimum absolute atomic E-state index is 0.311. The van der Waals surface area contributed by atoms with Crippen LogP contribution < -0.4 is 15.5 Å². The largest absolute Gasteiger partial charge is 0.497 e. The Hall–Kier alpha value is -3.64. The van der Waals surface area contributed by atoms with Crippen molar-refractivity contribution < 1.29 is 19.5 Å². The monoisotopic (exact) mass is 362 g/mol. The standard InChI is InChI=1S/C21H18N2O4/c1-27-19-4-2-3-18(13-19)23(26)21(25)17-11-7-15(8-12-17)14-5-9-16(10-6-14)20(22)24/h2-13,26H,1H3,(H2,22,24). The molecule has 0 aliphatic rings. The van der Waals surface area contributed by atoms with Crippen LogP contribution in [-0.2, 0) is 0 Å². The van der Waals surface area contributed by atoms with Gasteiger partial charge in [0, 0.05) is 17.2 Å². The molecular formula is C21H18N2O4. The van der Waals surface area contributed by atoms with Crippen LogP contribution in [0, 0.1) is 0 Å². The smallest absolute Gasteiger partial charge is 0.281 e. The van der Waals surface area contributed by atoms with Gasteiger partial charge in [-0.25, -0.2) is 0 Å². The number of ether oxygens (including phenoxy) is 1. The lowest BCUT2D eigenvalue weighted by atomic mass is 10.0. The van der Waals surface area contributed by atoms with Crippen molar-refractivity contribution in [3.05, 3.63) is 83.9 Å². The van der Waals surface area contributed by atoms with Crippen molar-refractivity contribution >= 4 is 17.5 Å². The van der Waals surface area contributed by atoms with E-state index in [0.717, 1.165) is 11.1 Å². The Kier molecular flexibility index (Phi) is 5.19. The molecule has 0 radical (unpaired) electrons. The Morgan fingerprint density at radius 2 is 1.44 bits per heavy atom. The molecule has 0 fully saturated rings. The molecular weight excluding hydrogens is 344 g/mol. The van der Waals surface area contributed by atoms with Crippen LogP contribution in [0.15, 0.2) is 72.8 Å². The fourth-order valence-corrected chi connectivity index (χ4v) is 2.61. The summed E-state index contributed by atoms with van der Waals surface area (Å²) in [5.74, 6) is -0.504. The molecule has 27 heavy (non-hydrogen) atoms. The van der Waals surface area contributed by atoms with Gasteiger partial charge in [-0.2, -0.15) is 5.06 Å². The summed E-state index contributed by atoms with van der Waals surface area (Å²) < 4.78 is 5.10. The number of hydrogen-bond donors (Lipinski definition) is 2. The van der Waals surface area contributed by atoms with E-state index in [-0.39, 0.29) is 0 Å². The third kappa shape index (κ3) is 3.96. The molecule has 3 rings (SSSR count). The van der Waals surface area contributed by atoms with Gasteiger partial charge in [-0.1, -0.05) is 30.3 Å². The number of anilines is 1. The number of rotatable bonds is 5. The molecule has 0 heterocycles. The summed E-state index contributed by atoms with van der Waals surface area (Å²) in [6, 6.07) is 20.2. The highest BCUT2D eigenvalue weighted by atomic mass is 16.5. The van der Waals surface area contributed by atoms with Gasteiger partial charge in [0.2, 0.25) is 5.91 Å². The number of nitrogens with two attached hydrogens (primary N) is 1. The first kappa shape index (κ1) is 18.2. The molecule has 0 saturated carbocycles. The number of hydroxylamine groups is 1. The third-order valence-corrected chi connectivity index (χ3v) is 4.12. The van der Waals surface area contributed by atoms with Gasteiger partial charge in [-0.15, -0.1) is 0 Å². The third-order valence-electron chi connectivity index (χ3n) is 4.12. The number of methoxy groups -OCH3 is 1. The molecule has 2 amide bonds. The van der Waals surface area contributed by atoms with Crippen LogP contribution in [0.2, 0.25) is 0 Å². The molecule has 0 saturated heterocycles. The lowest BCUT2D eigenvalue weighted by Crippen LogP contribution is -2.26. The molecule has 3 N–H and O–H groups in total. The zero-order chi connectivity index (χ0) is 19.4. The SMILES string of the molecule is COc1cccc(N(O)C(=O)c2ccc(-c3ccc(C(N)=O)cc3)cc2)c1. The van der Waals surface area contributed by atoms with Crippen LogP contribution in [0.25, 0.3) is 11.1 Å². The average Bonchev–Trinajstić information content (AvgIpc) is 2.73. The molecule has 0 bridgehead atoms. The van der Waals surface area contributed by atoms with Gasteiger partial charge in [-0.05, 0) is 47.5 Å². The van der Waals surface area contributed by atoms with E-state index >= 15 is 0 Å². The number of carbonyl (C=O) groups is 2. The fourth-order valence-electron chi connectivity index (χ4n) is 2.61. The number of primary amides is 1. The topological polar surface area (TPSA) is 92.9 Å². The number of amides is 2. The van der Waals surface area contributed by atoms with Gasteiger partial charge < -0.3 is 10.5 Å². The summed E-state index contributed by atoms with van der Waals surface area (Å²) in [5, 5.41) is 10.8. The molecule has 0 spiro atoms. The zero-order valence-corrected chi connectivity index (χ0v) is 14.6. The first-order valence-corrected chi connectivity index (χ1v) is 8.17. The minimum Gasteiger partial charge on any atom is -0.497 e. The Morgan fingerprint density at radius 1 is 0.889 bits per heavy atom. The van der Waals surface area contributed by atoms with Crippen LogP contribution in [0.3, 0.4) is 0 Å². The van der Waals surface area contributed by atoms with Gasteiger partial charge in [0.15, 0.2) is 0 Å². The van der Waals surface area contributed by atoms with E-state index in [1.807, 2.05) is 0 Å². The maximum Gasteiger partial charge on any atom is 0.281 e. The number of nitrogens with zero attached hydrogens (tertiary/aromatic N) is 1. The van der Waals surface area contributed by atoms with Gasteiger partial charge >= 0.3 is 0 Å². The summed E-state index contributed by atoms with van der Waals surface area (Å²) in [7, 11) is 1.51. The first-order chi connectivity index (χ1) is 13.0. The van der Waals surface area contributed by atoms with Crippen molar-refractivity contribution in [3.63, 3.8) is 0 Å². The highest BCUT2D eigenvalue weighted by Crippen LogP contribution is 2.23. The van der Waals surface area contributed by atoms with Gasteiger partial charge in [0.05, 0.1) is 12.8 Å². The molecule has 3 aromatic rings. The fraction of sp³-hybridized carbons (Fsp3) is 0.0476. The van der Waals surface area contributed by atoms with E-state index in [1.165, 1.54) is 7.11 Å². The number of benzene rings is 3. The van der Waals surface area contributed by atoms with Crippen molar-refractivity contribution in [1.29, 1.82) is 0 Å². The summed E-state index contributed by atoms with van der Waals surface area (Å²) >= 11 is 0. The first-order valence-electron chi connectivity index (χ1n) is 8.17. The molecule has 3 aromatic carbocycles. The molecule has 0 aromatic heterocycles. The zero-order valence-electron chi connectivity index (χ0n) is 14.6. The molecule has 0 aliphatic carbocycles. The number of carbonyl (C=O) groups excluding carboxylic acids is 2. The Balaban J connectivity index is 1.79. The second kappa shape index (κ2) is 7.72. The van der Waals surface area contributed by atoms with Gasteiger partial charge in [0.25, 0.3) is 5.91 Å². The van der Waals surface area contributed by atoms with E-state index in [4.69, 9.17) is 10.5 Å². The van der Waals surface area contributed by atoms with Crippen molar-refractivity contribution in [1.82, 2.24) is 0 Å². The maximum atomic E-state index is 12.5. The van der Waals surface area contributed by atoms with Gasteiger partial charge in [0.1, 0.15) is 5.75 Å². The molecule has 0 aliphatic heterocycles. The molecule has 6 heteroatoms. The summed E-state index contributed by atoms with van der Waals surface area (Å²) in [4.78, 5) is 23.6. The quantitative estimate of drug-likeness (QED) is 0.537. The minimum atomic E-state index is -0.557. The van der Waals surface area contributed by atoms with E-state index in [9.17, 15) is 14.8 Å². The van der Waals surface area contributed by atoms with Crippen LogP contribution in [-0.4, -0.2) is 24.1 Å². The van der Waals surface area contributed by atoms with Crippen molar-refractivity contribution in [3.8, 4) is 16.9 Å². The molecule has 136 valence electrons. The van der Waals surface area contributed by atoms with E-state index in [1.54, 1.807) is 72.8 Å². The van der Waals surface area contributed by atoms with E-state index < -0.39 is 11.8 Å². The highest BCUT2D eigenvalue weighted by Gasteiger charge is 2.16. The van der Waals surface area contributed by atoms with Crippen molar-refractivity contribution in [2.75, 3.05) is 12.2 Å². The average molecular weight is 362 g/mol. The van der Waals surface area contributed by atoms with Crippen molar-refractivity contribution in [2.24, 2.45) is 5.73 Å². The Morgan fingerprint density at radius 3 is 1.96 bits per heavy atom. The Bertz CT molecular complexity index is 966. The second-order valence-electron chi connectivity index (χ2n) is 5.84. The van der Waals surface area contributed by atoms with Crippen molar-refractivity contribution in [2.45, 2.75) is 0 Å². The lowest BCUT2D eigenvalue weighted by molar-refractivity contribution is 0.0854. The summed E-state index contributed by atoms with van der Waals surface area (Å²) in [6.07, 6.45) is 0. The molecule has 0 atom stereocenters. The van der Waals surface area contributed by atoms with E-state index in [0.29, 0.717) is 27.6 Å². The predicted octanol–water partition coefficient (Wildman–Crippen LogP) is 3.50. The lowest BCUT2D eigenvalue weighted by Gasteiger charge is -2.16. The summed E-state index contributed by atoms with van der Waals surface area (Å²) in [6.45, 7) is 0. The van der Waals surface area contributed by atoms with Crippen LogP contribution in [0.4, 0.5) is 5.69 Å². The second-order valence-corrected chi connectivity index (χ2v) is 5.84.